The van der Waals surface area contributed by atoms with Crippen LogP contribution in [-0.2, 0) is 7.05 Å². The maximum absolute atomic E-state index is 12.1. The number of ketones is 1. The quantitative estimate of drug-likeness (QED) is 0.674. The fourth-order valence-corrected chi connectivity index (χ4v) is 1.11. The van der Waals surface area contributed by atoms with E-state index in [4.69, 9.17) is 0 Å². The molecular formula is C10H17N3O. The SMILES string of the molecule is CN(C)C(C)(C)C(=O)c1ccnn1C. The summed E-state index contributed by atoms with van der Waals surface area (Å²) in [5.74, 6) is 0.0856. The van der Waals surface area contributed by atoms with Crippen molar-refractivity contribution in [2.45, 2.75) is 19.4 Å². The van der Waals surface area contributed by atoms with Crippen molar-refractivity contribution in [2.24, 2.45) is 7.05 Å². The van der Waals surface area contributed by atoms with Gasteiger partial charge in [-0.25, -0.2) is 0 Å². The standard InChI is InChI=1S/C10H17N3O/c1-10(2,12(3)4)9(14)8-6-7-11-13(8)5/h6-7H,1-5H3. The Balaban J connectivity index is 3.02. The molecule has 0 aliphatic rings. The molecule has 0 unspecified atom stereocenters. The minimum atomic E-state index is -0.492. The van der Waals surface area contributed by atoms with Gasteiger partial charge in [-0.15, -0.1) is 0 Å². The van der Waals surface area contributed by atoms with Gasteiger partial charge in [-0.05, 0) is 34.0 Å². The second-order valence-electron chi connectivity index (χ2n) is 4.12. The Morgan fingerprint density at radius 2 is 2.07 bits per heavy atom. The Morgan fingerprint density at radius 1 is 1.50 bits per heavy atom. The van der Waals surface area contributed by atoms with E-state index >= 15 is 0 Å². The van der Waals surface area contributed by atoms with Crippen molar-refractivity contribution in [3.05, 3.63) is 18.0 Å². The number of aromatic nitrogens is 2. The third kappa shape index (κ3) is 1.70. The molecule has 1 heterocycles. The van der Waals surface area contributed by atoms with Gasteiger partial charge in [0, 0.05) is 13.2 Å². The highest BCUT2D eigenvalue weighted by Gasteiger charge is 2.32. The zero-order chi connectivity index (χ0) is 10.9. The molecule has 0 spiro atoms. The molecule has 0 amide bonds. The summed E-state index contributed by atoms with van der Waals surface area (Å²) in [4.78, 5) is 14.0. The minimum Gasteiger partial charge on any atom is -0.297 e. The van der Waals surface area contributed by atoms with E-state index in [9.17, 15) is 4.79 Å². The molecule has 0 radical (unpaired) electrons. The maximum Gasteiger partial charge on any atom is 0.200 e. The predicted octanol–water partition coefficient (Wildman–Crippen LogP) is 0.943. The largest absolute Gasteiger partial charge is 0.297 e. The minimum absolute atomic E-state index is 0.0856. The summed E-state index contributed by atoms with van der Waals surface area (Å²) >= 11 is 0. The molecule has 1 aromatic rings. The summed E-state index contributed by atoms with van der Waals surface area (Å²) in [6, 6.07) is 1.74. The van der Waals surface area contributed by atoms with Gasteiger partial charge in [0.05, 0.1) is 5.54 Å². The van der Waals surface area contributed by atoms with Gasteiger partial charge in [0.2, 0.25) is 0 Å². The molecule has 0 saturated heterocycles. The zero-order valence-corrected chi connectivity index (χ0v) is 9.40. The van der Waals surface area contributed by atoms with Gasteiger partial charge >= 0.3 is 0 Å². The smallest absolute Gasteiger partial charge is 0.200 e. The van der Waals surface area contributed by atoms with Crippen molar-refractivity contribution >= 4 is 5.78 Å². The molecule has 0 bridgehead atoms. The van der Waals surface area contributed by atoms with Crippen molar-refractivity contribution in [1.29, 1.82) is 0 Å². The van der Waals surface area contributed by atoms with E-state index in [1.165, 1.54) is 0 Å². The molecular weight excluding hydrogens is 178 g/mol. The third-order valence-corrected chi connectivity index (χ3v) is 2.73. The van der Waals surface area contributed by atoms with Crippen LogP contribution in [0.5, 0.6) is 0 Å². The molecule has 0 N–H and O–H groups in total. The van der Waals surface area contributed by atoms with Gasteiger partial charge in [-0.3, -0.25) is 14.4 Å². The van der Waals surface area contributed by atoms with Crippen LogP contribution < -0.4 is 0 Å². The Kier molecular flexibility index (Phi) is 2.76. The lowest BCUT2D eigenvalue weighted by Gasteiger charge is -2.30. The first-order chi connectivity index (χ1) is 6.37. The highest BCUT2D eigenvalue weighted by atomic mass is 16.1. The summed E-state index contributed by atoms with van der Waals surface area (Å²) in [7, 11) is 5.57. The molecule has 4 nitrogen and oxygen atoms in total. The lowest BCUT2D eigenvalue weighted by Crippen LogP contribution is -2.46. The van der Waals surface area contributed by atoms with E-state index in [0.717, 1.165) is 0 Å². The molecule has 78 valence electrons. The summed E-state index contributed by atoms with van der Waals surface area (Å²) < 4.78 is 1.60. The average Bonchev–Trinajstić information content (AvgIpc) is 2.49. The van der Waals surface area contributed by atoms with Crippen molar-refractivity contribution in [1.82, 2.24) is 14.7 Å². The number of hydrogen-bond acceptors (Lipinski definition) is 3. The van der Waals surface area contributed by atoms with E-state index in [2.05, 4.69) is 5.10 Å². The van der Waals surface area contributed by atoms with E-state index in [1.807, 2.05) is 32.8 Å². The molecule has 0 atom stereocenters. The van der Waals surface area contributed by atoms with Crippen molar-refractivity contribution in [3.63, 3.8) is 0 Å². The van der Waals surface area contributed by atoms with Crippen LogP contribution in [0.15, 0.2) is 12.3 Å². The first kappa shape index (κ1) is 10.9. The number of carbonyl (C=O) groups excluding carboxylic acids is 1. The van der Waals surface area contributed by atoms with Crippen LogP contribution in [0.1, 0.15) is 24.3 Å². The summed E-state index contributed by atoms with van der Waals surface area (Å²) in [5, 5.41) is 3.99. The van der Waals surface area contributed by atoms with Crippen LogP contribution in [-0.4, -0.2) is 40.1 Å². The van der Waals surface area contributed by atoms with Crippen LogP contribution >= 0.6 is 0 Å². The lowest BCUT2D eigenvalue weighted by atomic mass is 9.95. The van der Waals surface area contributed by atoms with Crippen LogP contribution in [0.4, 0.5) is 0 Å². The molecule has 0 aromatic carbocycles. The molecule has 0 aliphatic carbocycles. The van der Waals surface area contributed by atoms with Gasteiger partial charge in [-0.2, -0.15) is 5.10 Å². The highest BCUT2D eigenvalue weighted by Crippen LogP contribution is 2.16. The fourth-order valence-electron chi connectivity index (χ4n) is 1.11. The predicted molar refractivity (Wildman–Crippen MR) is 55.3 cm³/mol. The second kappa shape index (κ2) is 3.53. The van der Waals surface area contributed by atoms with Gasteiger partial charge in [0.1, 0.15) is 5.69 Å². The fraction of sp³-hybridized carbons (Fsp3) is 0.600. The third-order valence-electron chi connectivity index (χ3n) is 2.73. The van der Waals surface area contributed by atoms with Crippen LogP contribution in [0.3, 0.4) is 0 Å². The Hall–Kier alpha value is -1.16. The number of nitrogens with zero attached hydrogens (tertiary/aromatic N) is 3. The monoisotopic (exact) mass is 195 g/mol. The molecule has 14 heavy (non-hydrogen) atoms. The molecule has 0 fully saturated rings. The summed E-state index contributed by atoms with van der Waals surface area (Å²) in [6.07, 6.45) is 1.64. The van der Waals surface area contributed by atoms with Crippen molar-refractivity contribution < 1.29 is 4.79 Å². The van der Waals surface area contributed by atoms with Crippen molar-refractivity contribution in [3.8, 4) is 0 Å². The molecule has 0 aliphatic heterocycles. The second-order valence-corrected chi connectivity index (χ2v) is 4.12. The van der Waals surface area contributed by atoms with Gasteiger partial charge < -0.3 is 0 Å². The number of hydrogen-bond donors (Lipinski definition) is 0. The summed E-state index contributed by atoms with van der Waals surface area (Å²) in [5.41, 5.74) is 0.150. The van der Waals surface area contributed by atoms with E-state index in [0.29, 0.717) is 5.69 Å². The number of likely N-dealkylation sites (N-methyl/N-ethyl adjacent to an activating group) is 1. The van der Waals surface area contributed by atoms with E-state index in [-0.39, 0.29) is 5.78 Å². The van der Waals surface area contributed by atoms with E-state index in [1.54, 1.807) is 24.0 Å². The number of Topliss-reactive ketones (excluding diaryl/α,β-unsaturated/α-hetero) is 1. The summed E-state index contributed by atoms with van der Waals surface area (Å²) in [6.45, 7) is 3.81. The number of aryl methyl sites for hydroxylation is 1. The maximum atomic E-state index is 12.1. The number of rotatable bonds is 3. The van der Waals surface area contributed by atoms with Gasteiger partial charge in [0.15, 0.2) is 5.78 Å². The first-order valence-corrected chi connectivity index (χ1v) is 4.57. The zero-order valence-electron chi connectivity index (χ0n) is 9.40. The lowest BCUT2D eigenvalue weighted by molar-refractivity contribution is 0.0745. The molecule has 1 aromatic heterocycles. The molecule has 4 heteroatoms. The van der Waals surface area contributed by atoms with Crippen LogP contribution in [0.2, 0.25) is 0 Å². The van der Waals surface area contributed by atoms with Crippen LogP contribution in [0.25, 0.3) is 0 Å². The normalized spacial score (nSPS) is 12.1. The first-order valence-electron chi connectivity index (χ1n) is 4.57. The number of carbonyl (C=O) groups is 1. The van der Waals surface area contributed by atoms with Gasteiger partial charge in [0.25, 0.3) is 0 Å². The topological polar surface area (TPSA) is 38.1 Å². The van der Waals surface area contributed by atoms with Crippen LogP contribution in [0, 0.1) is 0 Å². The Bertz CT molecular complexity index is 339. The molecule has 1 rings (SSSR count). The Morgan fingerprint density at radius 3 is 2.43 bits per heavy atom. The molecule has 0 saturated carbocycles. The average molecular weight is 195 g/mol. The van der Waals surface area contributed by atoms with E-state index < -0.39 is 5.54 Å². The Labute approximate surface area is 84.5 Å². The van der Waals surface area contributed by atoms with Gasteiger partial charge in [-0.1, -0.05) is 0 Å². The highest BCUT2D eigenvalue weighted by molar-refractivity contribution is 6.01. The van der Waals surface area contributed by atoms with Crippen molar-refractivity contribution in [2.75, 3.05) is 14.1 Å².